The summed E-state index contributed by atoms with van der Waals surface area (Å²) < 4.78 is 9.63. The molecule has 7 heteroatoms. The van der Waals surface area contributed by atoms with Crippen LogP contribution in [0.2, 0.25) is 0 Å². The zero-order chi connectivity index (χ0) is 21.4. The number of carbonyl (C=O) groups excluding carboxylic acids is 4. The van der Waals surface area contributed by atoms with Gasteiger partial charge in [0.2, 0.25) is 0 Å². The zero-order valence-electron chi connectivity index (χ0n) is 17.3. The Bertz CT molecular complexity index is 773. The van der Waals surface area contributed by atoms with Gasteiger partial charge in [0.15, 0.2) is 12.4 Å². The van der Waals surface area contributed by atoms with Gasteiger partial charge < -0.3 is 14.8 Å². The summed E-state index contributed by atoms with van der Waals surface area (Å²) >= 11 is 0. The van der Waals surface area contributed by atoms with Crippen LogP contribution in [-0.2, 0) is 36.7 Å². The fourth-order valence-electron chi connectivity index (χ4n) is 3.33. The summed E-state index contributed by atoms with van der Waals surface area (Å²) in [5.74, 6) is -2.00. The molecule has 2 rings (SSSR count). The molecule has 7 nitrogen and oxygen atoms in total. The number of aryl methyl sites for hydroxylation is 2. The van der Waals surface area contributed by atoms with Crippen LogP contribution in [0.5, 0.6) is 0 Å². The van der Waals surface area contributed by atoms with Crippen molar-refractivity contribution in [2.24, 2.45) is 5.92 Å². The lowest BCUT2D eigenvalue weighted by molar-refractivity contribution is -0.151. The Morgan fingerprint density at radius 2 is 1.83 bits per heavy atom. The predicted molar refractivity (Wildman–Crippen MR) is 106 cm³/mol. The van der Waals surface area contributed by atoms with Gasteiger partial charge in [0.1, 0.15) is 6.04 Å². The number of methoxy groups -OCH3 is 1. The molecule has 0 bridgehead atoms. The van der Waals surface area contributed by atoms with Crippen LogP contribution in [0.15, 0.2) is 18.2 Å². The van der Waals surface area contributed by atoms with E-state index in [9.17, 15) is 19.2 Å². The molecule has 0 unspecified atom stereocenters. The van der Waals surface area contributed by atoms with Crippen LogP contribution >= 0.6 is 0 Å². The minimum atomic E-state index is -0.794. The van der Waals surface area contributed by atoms with E-state index in [4.69, 9.17) is 9.47 Å². The molecule has 0 aliphatic heterocycles. The molecule has 1 aromatic carbocycles. The van der Waals surface area contributed by atoms with Gasteiger partial charge in [0.25, 0.3) is 5.91 Å². The van der Waals surface area contributed by atoms with Crippen molar-refractivity contribution < 1.29 is 28.7 Å². The van der Waals surface area contributed by atoms with Crippen molar-refractivity contribution in [3.05, 3.63) is 34.9 Å². The molecule has 1 amide bonds. The summed E-state index contributed by atoms with van der Waals surface area (Å²) in [6, 6.07) is 4.89. The van der Waals surface area contributed by atoms with E-state index >= 15 is 0 Å². The minimum absolute atomic E-state index is 0.0247. The highest BCUT2D eigenvalue weighted by Gasteiger charge is 2.27. The van der Waals surface area contributed by atoms with Crippen LogP contribution < -0.4 is 5.32 Å². The highest BCUT2D eigenvalue weighted by Crippen LogP contribution is 2.23. The Morgan fingerprint density at radius 1 is 1.10 bits per heavy atom. The Hall–Kier alpha value is -2.70. The SMILES string of the molecule is CC[C@H](C)[C@@H](NC(=O)COC(=O)CCC(=O)c1ccc2c(c1)CCC2)C(=O)OC. The zero-order valence-corrected chi connectivity index (χ0v) is 17.3. The number of amides is 1. The quantitative estimate of drug-likeness (QED) is 0.476. The number of hydrogen-bond donors (Lipinski definition) is 1. The first kappa shape index (κ1) is 22.6. The van der Waals surface area contributed by atoms with Crippen molar-refractivity contribution in [3.8, 4) is 0 Å². The highest BCUT2D eigenvalue weighted by molar-refractivity contribution is 5.98. The lowest BCUT2D eigenvalue weighted by atomic mass is 9.99. The second-order valence-corrected chi connectivity index (χ2v) is 7.37. The first-order valence-corrected chi connectivity index (χ1v) is 10.0. The lowest BCUT2D eigenvalue weighted by Gasteiger charge is -2.21. The van der Waals surface area contributed by atoms with E-state index in [2.05, 4.69) is 5.32 Å². The maximum atomic E-state index is 12.3. The number of esters is 2. The topological polar surface area (TPSA) is 98.8 Å². The minimum Gasteiger partial charge on any atom is -0.467 e. The van der Waals surface area contributed by atoms with Crippen LogP contribution in [0.25, 0.3) is 0 Å². The van der Waals surface area contributed by atoms with E-state index in [-0.39, 0.29) is 24.5 Å². The molecule has 0 aromatic heterocycles. The maximum Gasteiger partial charge on any atom is 0.328 e. The Kier molecular flexibility index (Phi) is 8.36. The third-order valence-electron chi connectivity index (χ3n) is 5.33. The second-order valence-electron chi connectivity index (χ2n) is 7.37. The normalized spacial score (nSPS) is 14.4. The van der Waals surface area contributed by atoms with E-state index in [0.29, 0.717) is 12.0 Å². The molecule has 0 saturated heterocycles. The Labute approximate surface area is 171 Å². The van der Waals surface area contributed by atoms with E-state index in [0.717, 1.165) is 19.3 Å². The Balaban J connectivity index is 1.76. The number of fused-ring (bicyclic) bond motifs is 1. The van der Waals surface area contributed by atoms with Crippen molar-refractivity contribution in [1.29, 1.82) is 0 Å². The first-order chi connectivity index (χ1) is 13.8. The number of Topliss-reactive ketones (excluding diaryl/α,β-unsaturated/α-hetero) is 1. The first-order valence-electron chi connectivity index (χ1n) is 10.0. The summed E-state index contributed by atoms with van der Waals surface area (Å²) in [6.45, 7) is 3.21. The number of carbonyl (C=O) groups is 4. The molecule has 158 valence electrons. The summed E-state index contributed by atoms with van der Waals surface area (Å²) in [7, 11) is 1.25. The van der Waals surface area contributed by atoms with E-state index < -0.39 is 30.5 Å². The average molecular weight is 403 g/mol. The fraction of sp³-hybridized carbons (Fsp3) is 0.545. The second kappa shape index (κ2) is 10.7. The van der Waals surface area contributed by atoms with Gasteiger partial charge in [-0.15, -0.1) is 0 Å². The van der Waals surface area contributed by atoms with Gasteiger partial charge in [0, 0.05) is 12.0 Å². The molecule has 0 heterocycles. The molecule has 0 fully saturated rings. The standard InChI is InChI=1S/C22H29NO6/c1-4-14(2)21(22(27)28-3)23-19(25)13-29-20(26)11-10-18(24)17-9-8-15-6-5-7-16(15)12-17/h8-9,12,14,21H,4-7,10-11,13H2,1-3H3,(H,23,25)/t14-,21+/m0/s1. The van der Waals surface area contributed by atoms with Gasteiger partial charge in [0.05, 0.1) is 13.5 Å². The Morgan fingerprint density at radius 3 is 2.52 bits per heavy atom. The van der Waals surface area contributed by atoms with Gasteiger partial charge in [-0.05, 0) is 42.4 Å². The summed E-state index contributed by atoms with van der Waals surface area (Å²) in [5.41, 5.74) is 3.09. The molecule has 1 aliphatic rings. The molecule has 2 atom stereocenters. The third kappa shape index (κ3) is 6.41. The number of benzene rings is 1. The number of rotatable bonds is 10. The molecule has 0 radical (unpaired) electrons. The van der Waals surface area contributed by atoms with Crippen molar-refractivity contribution in [3.63, 3.8) is 0 Å². The van der Waals surface area contributed by atoms with Crippen molar-refractivity contribution in [2.75, 3.05) is 13.7 Å². The van der Waals surface area contributed by atoms with Gasteiger partial charge in [-0.25, -0.2) is 4.79 Å². The number of hydrogen-bond acceptors (Lipinski definition) is 6. The molecular formula is C22H29NO6. The van der Waals surface area contributed by atoms with E-state index in [1.807, 2.05) is 26.0 Å². The van der Waals surface area contributed by atoms with Crippen molar-refractivity contribution in [1.82, 2.24) is 5.32 Å². The molecule has 1 aliphatic carbocycles. The van der Waals surface area contributed by atoms with Crippen LogP contribution in [0, 0.1) is 5.92 Å². The largest absolute Gasteiger partial charge is 0.467 e. The summed E-state index contributed by atoms with van der Waals surface area (Å²) in [5, 5.41) is 2.53. The smallest absolute Gasteiger partial charge is 0.328 e. The summed E-state index contributed by atoms with van der Waals surface area (Å²) in [4.78, 5) is 48.0. The van der Waals surface area contributed by atoms with Gasteiger partial charge in [-0.3, -0.25) is 14.4 Å². The van der Waals surface area contributed by atoms with Gasteiger partial charge >= 0.3 is 11.9 Å². The number of ether oxygens (including phenoxy) is 2. The van der Waals surface area contributed by atoms with Crippen LogP contribution in [0.4, 0.5) is 0 Å². The molecular weight excluding hydrogens is 374 g/mol. The average Bonchev–Trinajstić information content (AvgIpc) is 3.21. The third-order valence-corrected chi connectivity index (χ3v) is 5.33. The van der Waals surface area contributed by atoms with Crippen molar-refractivity contribution >= 4 is 23.6 Å². The van der Waals surface area contributed by atoms with Crippen LogP contribution in [-0.4, -0.2) is 43.4 Å². The van der Waals surface area contributed by atoms with Gasteiger partial charge in [-0.2, -0.15) is 0 Å². The molecule has 1 aromatic rings. The highest BCUT2D eigenvalue weighted by atomic mass is 16.5. The fourth-order valence-corrected chi connectivity index (χ4v) is 3.33. The van der Waals surface area contributed by atoms with Crippen LogP contribution in [0.3, 0.4) is 0 Å². The molecule has 0 saturated carbocycles. The number of ketones is 1. The van der Waals surface area contributed by atoms with E-state index in [1.54, 1.807) is 6.07 Å². The van der Waals surface area contributed by atoms with Crippen LogP contribution in [0.1, 0.15) is 61.0 Å². The summed E-state index contributed by atoms with van der Waals surface area (Å²) in [6.07, 6.45) is 3.73. The molecule has 0 spiro atoms. The maximum absolute atomic E-state index is 12.3. The lowest BCUT2D eigenvalue weighted by Crippen LogP contribution is -2.47. The number of nitrogens with one attached hydrogen (secondary N) is 1. The van der Waals surface area contributed by atoms with E-state index in [1.165, 1.54) is 18.2 Å². The predicted octanol–water partition coefficient (Wildman–Crippen LogP) is 2.39. The van der Waals surface area contributed by atoms with Crippen molar-refractivity contribution in [2.45, 2.75) is 58.4 Å². The monoisotopic (exact) mass is 403 g/mol. The molecule has 29 heavy (non-hydrogen) atoms. The molecule has 1 N–H and O–H groups in total. The van der Waals surface area contributed by atoms with Gasteiger partial charge in [-0.1, -0.05) is 32.4 Å².